The van der Waals surface area contributed by atoms with E-state index in [0.717, 1.165) is 75.3 Å². The number of benzene rings is 4. The molecule has 12 aromatic rings. The lowest BCUT2D eigenvalue weighted by molar-refractivity contribution is 0.100. The average molecular weight is 2090 g/mol. The summed E-state index contributed by atoms with van der Waals surface area (Å²) in [5.74, 6) is 7.80. The first kappa shape index (κ1) is 105. The number of hydrogen-bond acceptors (Lipinski definition) is 27. The van der Waals surface area contributed by atoms with Crippen LogP contribution in [-0.2, 0) is 14.5 Å². The van der Waals surface area contributed by atoms with Crippen molar-refractivity contribution in [1.29, 1.82) is 0 Å². The molecule has 0 bridgehead atoms. The first-order chi connectivity index (χ1) is 65.5. The first-order valence-electron chi connectivity index (χ1n) is 45.1. The largest absolute Gasteiger partial charge is 0.396 e. The fourth-order valence-electron chi connectivity index (χ4n) is 16.6. The molecule has 4 saturated carbocycles. The average Bonchev–Trinajstić information content (AvgIpc) is 1.74. The van der Waals surface area contributed by atoms with Crippen molar-refractivity contribution in [2.45, 2.75) is 173 Å². The minimum Gasteiger partial charge on any atom is -0.396 e. The zero-order chi connectivity index (χ0) is 98.8. The van der Waals surface area contributed by atoms with Gasteiger partial charge in [-0.1, -0.05) is 149 Å². The topological polar surface area (TPSA) is 452 Å². The molecule has 0 amide bonds. The number of alkyl halides is 1. The lowest BCUT2D eigenvalue weighted by atomic mass is 10.00. The maximum Gasteiger partial charge on any atom is 0.333 e. The molecule has 0 spiro atoms. The molecule has 4 fully saturated rings. The highest BCUT2D eigenvalue weighted by molar-refractivity contribution is 9.11. The lowest BCUT2D eigenvalue weighted by Gasteiger charge is -2.15. The van der Waals surface area contributed by atoms with Crippen molar-refractivity contribution in [3.05, 3.63) is 284 Å². The SMILES string of the molecule is C#C[Si](C)(C)C.C#Cc1cccc(C(C)n2ccc(C(=O)c3cncnc3N[C@@H]3C[C@H](CO)[C@@H](C)C3)n2)c1.C#Cc1cccc(C(C)n2ccc(C(=O)c3cncnc3N[C@@H]3C[C@H](COS(N)(=O)=O)[C@@H](O)C3)n2)c1.CC(Br)c1cccc(Br)c1.CC(c1cccc(Br)c1)n1ccc(C(=O)c2cncnc2N[C@@H]2C[C@H](CO)[C@@H](C)C2)n1.C[C@H]1C[C@H](Nc2ncncc2C(=O)c2ccn[nH]2)C[C@@H]1CO. The molecule has 0 radical (unpaired) electrons. The predicted molar refractivity (Wildman–Crippen MR) is 539 cm³/mol. The van der Waals surface area contributed by atoms with Crippen LogP contribution < -0.4 is 26.4 Å². The molecule has 32 nitrogen and oxygen atoms in total. The molecule has 8 heterocycles. The maximum atomic E-state index is 13.3. The molecule has 0 aliphatic heterocycles. The number of hydrogen-bond donors (Lipinski definition) is 10. The number of nitrogens with one attached hydrogen (secondary N) is 5. The second kappa shape index (κ2) is 49.8. The van der Waals surface area contributed by atoms with Crippen molar-refractivity contribution in [2.24, 2.45) is 46.6 Å². The Kier molecular flexibility index (Phi) is 38.3. The molecule has 4 aliphatic carbocycles. The number of nitrogens with zero attached hydrogens (tertiary/aromatic N) is 15. The van der Waals surface area contributed by atoms with E-state index in [0.29, 0.717) is 98.4 Å². The van der Waals surface area contributed by atoms with E-state index in [2.05, 4.69) is 215 Å². The third kappa shape index (κ3) is 29.8. The Balaban J connectivity index is 0.000000167. The van der Waals surface area contributed by atoms with Crippen molar-refractivity contribution in [3.63, 3.8) is 0 Å². The summed E-state index contributed by atoms with van der Waals surface area (Å²) < 4.78 is 34.1. The number of aliphatic hydroxyl groups excluding tert-OH is 4. The van der Waals surface area contributed by atoms with Gasteiger partial charge in [-0.15, -0.1) is 24.8 Å². The molecule has 0 saturated heterocycles. The Hall–Kier alpha value is -12.0. The van der Waals surface area contributed by atoms with Crippen molar-refractivity contribution >= 4 is 113 Å². The molecule has 137 heavy (non-hydrogen) atoms. The van der Waals surface area contributed by atoms with Crippen molar-refractivity contribution < 1.29 is 52.2 Å². The van der Waals surface area contributed by atoms with Crippen molar-refractivity contribution in [3.8, 4) is 36.7 Å². The van der Waals surface area contributed by atoms with E-state index in [1.54, 1.807) is 50.7 Å². The maximum absolute atomic E-state index is 13.3. The van der Waals surface area contributed by atoms with Crippen LogP contribution in [0.2, 0.25) is 19.6 Å². The summed E-state index contributed by atoms with van der Waals surface area (Å²) in [6.45, 7) is 21.3. The monoisotopic (exact) mass is 2080 g/mol. The number of halogens is 3. The highest BCUT2D eigenvalue weighted by atomic mass is 79.9. The highest BCUT2D eigenvalue weighted by Gasteiger charge is 2.38. The Bertz CT molecular complexity index is 6320. The summed E-state index contributed by atoms with van der Waals surface area (Å²) in [6, 6.07) is 38.3. The fourth-order valence-corrected chi connectivity index (χ4v) is 18.1. The van der Waals surface area contributed by atoms with E-state index in [1.165, 1.54) is 61.9 Å². The van der Waals surface area contributed by atoms with Gasteiger partial charge in [-0.05, 0) is 210 Å². The van der Waals surface area contributed by atoms with Gasteiger partial charge in [0.25, 0.3) is 0 Å². The second-order valence-corrected chi connectivity index (χ2v) is 45.0. The minimum atomic E-state index is -4.10. The second-order valence-electron chi connectivity index (χ2n) is 35.8. The van der Waals surface area contributed by atoms with Gasteiger partial charge >= 0.3 is 10.3 Å². The molecule has 4 unspecified atom stereocenters. The third-order valence-corrected chi connectivity index (χ3v) is 27.6. The number of nitrogens with two attached hydrogens (primary N) is 1. The number of rotatable bonds is 29. The third-order valence-electron chi connectivity index (χ3n) is 24.7. The van der Waals surface area contributed by atoms with Gasteiger partial charge in [0.05, 0.1) is 53.1 Å². The van der Waals surface area contributed by atoms with Crippen LogP contribution in [0.3, 0.4) is 0 Å². The molecule has 4 aromatic carbocycles. The number of terminal acetylenes is 3. The van der Waals surface area contributed by atoms with Gasteiger partial charge in [0.1, 0.15) is 79.4 Å². The predicted octanol–water partition coefficient (Wildman–Crippen LogP) is 15.3. The van der Waals surface area contributed by atoms with E-state index < -0.39 is 30.4 Å². The number of carbonyl (C=O) groups excluding carboxylic acids is 4. The van der Waals surface area contributed by atoms with Crippen LogP contribution in [0.5, 0.6) is 0 Å². The Labute approximate surface area is 825 Å². The van der Waals surface area contributed by atoms with Crippen LogP contribution >= 0.6 is 47.8 Å². The Morgan fingerprint density at radius 3 is 1.13 bits per heavy atom. The summed E-state index contributed by atoms with van der Waals surface area (Å²) in [6.07, 6.45) is 39.9. The van der Waals surface area contributed by atoms with E-state index in [4.69, 9.17) is 24.4 Å². The van der Waals surface area contributed by atoms with Crippen LogP contribution in [-0.4, -0.2) is 196 Å². The Morgan fingerprint density at radius 2 is 0.825 bits per heavy atom. The van der Waals surface area contributed by atoms with E-state index >= 15 is 0 Å². The number of aromatic nitrogens is 16. The van der Waals surface area contributed by atoms with Crippen LogP contribution in [0.1, 0.15) is 220 Å². The smallest absolute Gasteiger partial charge is 0.333 e. The normalized spacial score (nSPS) is 20.6. The first-order valence-corrected chi connectivity index (χ1v) is 52.6. The van der Waals surface area contributed by atoms with Gasteiger partial charge in [0.2, 0.25) is 23.1 Å². The van der Waals surface area contributed by atoms with Gasteiger partial charge in [-0.2, -0.15) is 28.8 Å². The quantitative estimate of drug-likeness (QED) is 0.00901. The molecule has 4 aliphatic rings. The zero-order valence-corrected chi connectivity index (χ0v) is 84.5. The fraction of sp³-hybridized carbons (Fsp3) is 0.380. The number of ketones is 4. The van der Waals surface area contributed by atoms with E-state index in [9.17, 15) is 48.0 Å². The van der Waals surface area contributed by atoms with Gasteiger partial charge in [0, 0.05) is 124 Å². The summed E-state index contributed by atoms with van der Waals surface area (Å²) in [5, 5.41) is 76.9. The number of aliphatic hydroxyl groups is 4. The number of carbonyl (C=O) groups is 4. The molecule has 16 rings (SSSR count). The van der Waals surface area contributed by atoms with Gasteiger partial charge in [-0.25, -0.2) is 45.0 Å². The zero-order valence-electron chi connectivity index (χ0n) is 77.9. The van der Waals surface area contributed by atoms with E-state index in [-0.39, 0.29) is 115 Å². The van der Waals surface area contributed by atoms with Crippen LogP contribution in [0.4, 0.5) is 23.3 Å². The van der Waals surface area contributed by atoms with Crippen molar-refractivity contribution in [2.75, 3.05) is 47.7 Å². The van der Waals surface area contributed by atoms with Crippen LogP contribution in [0, 0.1) is 78.1 Å². The molecule has 8 aromatic heterocycles. The summed E-state index contributed by atoms with van der Waals surface area (Å²) in [5.41, 5.74) is 11.4. The van der Waals surface area contributed by atoms with Gasteiger partial charge in [0.15, 0.2) is 0 Å². The number of H-pyrrole nitrogens is 1. The van der Waals surface area contributed by atoms with E-state index in [1.807, 2.05) is 112 Å². The van der Waals surface area contributed by atoms with Crippen LogP contribution in [0.15, 0.2) is 205 Å². The molecule has 11 N–H and O–H groups in total. The summed E-state index contributed by atoms with van der Waals surface area (Å²) in [7, 11) is -5.20. The molecule has 37 heteroatoms. The molecular weight excluding hydrogens is 1970 g/mol. The molecule has 16 atom stereocenters. The highest BCUT2D eigenvalue weighted by Crippen LogP contribution is 2.38. The van der Waals surface area contributed by atoms with Crippen molar-refractivity contribution in [1.82, 2.24) is 79.4 Å². The van der Waals surface area contributed by atoms with Gasteiger partial charge < -0.3 is 41.7 Å². The lowest BCUT2D eigenvalue weighted by Crippen LogP contribution is -2.24. The number of aromatic amines is 1. The minimum absolute atomic E-state index is 0.0148. The molecule has 718 valence electrons. The Morgan fingerprint density at radius 1 is 0.496 bits per heavy atom. The van der Waals surface area contributed by atoms with Gasteiger partial charge in [-0.3, -0.25) is 42.5 Å². The summed E-state index contributed by atoms with van der Waals surface area (Å²) in [4.78, 5) is 85.7. The van der Waals surface area contributed by atoms with Crippen LogP contribution in [0.25, 0.3) is 0 Å². The standard InChI is InChI=1S/C25H27N5O2.C24H26N6O5S.C23H26BrN5O2.C15H19N5O2.C8H8Br2.C5H10Si/c1-4-18-6-5-7-19(11-18)17(3)30-9-8-23(29-30)24(32)22-13-26-15-27-25(22)28-21-10-16(2)20(12-21)14-31;1-3-16-5-4-6-17(9-16)15(2)30-8-7-21(29-30)23(32)20-12-26-14-27-24(20)28-19-10-18(22(31)11-19)13-35-36(25,33)34;1-14-8-19(10-17(14)12-30)27-23-20(11-25-13-26-23)22(31)21-6-7-29(28-21)15(2)16-4-3-5-18(24)9-16;1-9-4-11(5-10(9)7-21)19-15-12(6-16-8-17-15)14(22)13-2-3-18-20-13;1-6(9)7-3-2-4-8(10)5-7;1-5-6(2,3)4/h1,5-9,11,13,15-17,20-21,31H,10,12,14H2,2-3H3,(H,26,27,28);1,4-9,12,14-15,18-19,22,31H,10-11,13H2,2H3,(H2,25,33,34)(H,26,27,28);3-7,9,11,13-15,17,19,30H,8,10,12H2,1-2H3,(H,25,26,27);2-3,6,8-11,21H,4-5,7H2,1H3,(H,18,20)(H,16,17,19);2-6H,1H3;1H,2-4H3/t16-,17?,20+,21-;15?,18-,19-,22+;14-,15?,17+,19-;9-,10+,11-;;/m0100../s1. The number of anilines is 4. The molecular formula is C100H116Br3N21O11SSi. The summed E-state index contributed by atoms with van der Waals surface area (Å²) >= 11 is 10.4.